The molecule has 0 atom stereocenters. The highest BCUT2D eigenvalue weighted by molar-refractivity contribution is 7.90. The van der Waals surface area contributed by atoms with Gasteiger partial charge in [-0.2, -0.15) is 0 Å². The van der Waals surface area contributed by atoms with Gasteiger partial charge in [-0.05, 0) is 57.5 Å². The maximum atomic E-state index is 12.8. The number of aromatic nitrogens is 1. The molecule has 0 unspecified atom stereocenters. The molecule has 26 heavy (non-hydrogen) atoms. The molecule has 0 aliphatic rings. The first kappa shape index (κ1) is 20.0. The molecular weight excluding hydrogens is 348 g/mol. The van der Waals surface area contributed by atoms with E-state index in [4.69, 9.17) is 0 Å². The molecule has 0 bridgehead atoms. The Kier molecular flexibility index (Phi) is 6.80. The van der Waals surface area contributed by atoms with Crippen LogP contribution in [0.25, 0.3) is 6.08 Å². The Balaban J connectivity index is 2.11. The Morgan fingerprint density at radius 3 is 2.38 bits per heavy atom. The minimum Gasteiger partial charge on any atom is -0.343 e. The van der Waals surface area contributed by atoms with Crippen LogP contribution in [0, 0.1) is 6.92 Å². The maximum absolute atomic E-state index is 12.8. The van der Waals surface area contributed by atoms with Gasteiger partial charge in [0.25, 0.3) is 10.0 Å². The van der Waals surface area contributed by atoms with Gasteiger partial charge in [-0.15, -0.1) is 0 Å². The van der Waals surface area contributed by atoms with Gasteiger partial charge in [0.15, 0.2) is 0 Å². The second kappa shape index (κ2) is 8.85. The molecule has 5 nitrogen and oxygen atoms in total. The Hall–Kier alpha value is -2.34. The second-order valence-corrected chi connectivity index (χ2v) is 7.87. The summed E-state index contributed by atoms with van der Waals surface area (Å²) in [5.74, 6) is 0.113. The summed E-state index contributed by atoms with van der Waals surface area (Å²) in [6, 6.07) is 10.2. The van der Waals surface area contributed by atoms with Crippen molar-refractivity contribution in [3.05, 3.63) is 59.9 Å². The first-order chi connectivity index (χ1) is 12.4. The van der Waals surface area contributed by atoms with Gasteiger partial charge in [0.1, 0.15) is 0 Å². The topological polar surface area (TPSA) is 59.4 Å². The fourth-order valence-electron chi connectivity index (χ4n) is 2.70. The van der Waals surface area contributed by atoms with Crippen molar-refractivity contribution >= 4 is 22.0 Å². The third kappa shape index (κ3) is 4.64. The predicted octanol–water partition coefficient (Wildman–Crippen LogP) is 3.70. The fraction of sp³-hybridized carbons (Fsp3) is 0.350. The summed E-state index contributed by atoms with van der Waals surface area (Å²) in [5, 5.41) is 0. The molecule has 2 rings (SSSR count). The lowest BCUT2D eigenvalue weighted by molar-refractivity contribution is -0.130. The summed E-state index contributed by atoms with van der Waals surface area (Å²) < 4.78 is 26.9. The lowest BCUT2D eigenvalue weighted by Gasteiger charge is -2.17. The zero-order valence-corrected chi connectivity index (χ0v) is 16.4. The highest BCUT2D eigenvalue weighted by atomic mass is 32.2. The number of carbonyl (C=O) groups is 1. The molecule has 6 heteroatoms. The minimum absolute atomic E-state index is 0.113. The molecule has 0 fully saturated rings. The van der Waals surface area contributed by atoms with Crippen LogP contribution in [0.3, 0.4) is 0 Å². The van der Waals surface area contributed by atoms with Crippen LogP contribution in [-0.4, -0.2) is 36.3 Å². The van der Waals surface area contributed by atoms with Crippen LogP contribution < -0.4 is 0 Å². The summed E-state index contributed by atoms with van der Waals surface area (Å²) in [7, 11) is -3.63. The number of allylic oxidation sites excluding steroid dienone is 1. The molecule has 1 aromatic heterocycles. The Labute approximate surface area is 156 Å². The van der Waals surface area contributed by atoms with Crippen LogP contribution >= 0.6 is 0 Å². The Bertz CT molecular complexity index is 861. The average molecular weight is 375 g/mol. The van der Waals surface area contributed by atoms with Crippen LogP contribution in [0.4, 0.5) is 0 Å². The third-order valence-electron chi connectivity index (χ3n) is 4.25. The van der Waals surface area contributed by atoms with E-state index in [2.05, 4.69) is 0 Å². The molecule has 2 aromatic rings. The van der Waals surface area contributed by atoms with E-state index in [1.807, 2.05) is 26.8 Å². The second-order valence-electron chi connectivity index (χ2n) is 6.05. The van der Waals surface area contributed by atoms with E-state index in [1.165, 1.54) is 10.2 Å². The molecule has 0 aliphatic heterocycles. The largest absolute Gasteiger partial charge is 0.343 e. The summed E-state index contributed by atoms with van der Waals surface area (Å²) in [6.45, 7) is 7.24. The Morgan fingerprint density at radius 1 is 1.12 bits per heavy atom. The van der Waals surface area contributed by atoms with Crippen molar-refractivity contribution in [2.75, 3.05) is 13.1 Å². The van der Waals surface area contributed by atoms with Gasteiger partial charge in [0.05, 0.1) is 10.6 Å². The molecular formula is C20H26N2O3S. The molecule has 0 aliphatic carbocycles. The summed E-state index contributed by atoms with van der Waals surface area (Å²) in [6.07, 6.45) is 6.13. The van der Waals surface area contributed by atoms with Crippen molar-refractivity contribution < 1.29 is 13.2 Å². The van der Waals surface area contributed by atoms with Gasteiger partial charge in [0.2, 0.25) is 5.91 Å². The van der Waals surface area contributed by atoms with Crippen molar-refractivity contribution in [1.29, 1.82) is 0 Å². The van der Waals surface area contributed by atoms with E-state index in [0.29, 0.717) is 31.6 Å². The highest BCUT2D eigenvalue weighted by Gasteiger charge is 2.18. The van der Waals surface area contributed by atoms with Gasteiger partial charge in [-0.3, -0.25) is 4.79 Å². The van der Waals surface area contributed by atoms with Gasteiger partial charge in [-0.25, -0.2) is 12.4 Å². The van der Waals surface area contributed by atoms with Gasteiger partial charge in [-0.1, -0.05) is 23.8 Å². The molecule has 0 N–H and O–H groups in total. The molecule has 0 saturated heterocycles. The zero-order chi connectivity index (χ0) is 19.2. The number of aryl methyl sites for hydroxylation is 1. The normalized spacial score (nSPS) is 11.8. The van der Waals surface area contributed by atoms with E-state index in [9.17, 15) is 13.2 Å². The molecule has 0 radical (unpaired) electrons. The quantitative estimate of drug-likeness (QED) is 0.708. The molecule has 1 aromatic carbocycles. The SMILES string of the molecule is CCN(CC)C(=O)CC/C=C/c1cccn1S(=O)(=O)c1ccc(C)cc1. The Morgan fingerprint density at radius 2 is 1.77 bits per heavy atom. The summed E-state index contributed by atoms with van der Waals surface area (Å²) in [5.41, 5.74) is 1.58. The van der Waals surface area contributed by atoms with E-state index in [0.717, 1.165) is 5.56 Å². The van der Waals surface area contributed by atoms with E-state index >= 15 is 0 Å². The van der Waals surface area contributed by atoms with Crippen LogP contribution in [0.2, 0.25) is 0 Å². The van der Waals surface area contributed by atoms with Crippen molar-refractivity contribution in [2.45, 2.75) is 38.5 Å². The van der Waals surface area contributed by atoms with Crippen molar-refractivity contribution in [1.82, 2.24) is 8.87 Å². The molecule has 140 valence electrons. The van der Waals surface area contributed by atoms with Gasteiger partial charge in [0, 0.05) is 25.7 Å². The number of rotatable bonds is 8. The third-order valence-corrected chi connectivity index (χ3v) is 5.97. The first-order valence-electron chi connectivity index (χ1n) is 8.84. The summed E-state index contributed by atoms with van der Waals surface area (Å²) in [4.78, 5) is 14.0. The van der Waals surface area contributed by atoms with Crippen molar-refractivity contribution in [2.24, 2.45) is 0 Å². The number of hydrogen-bond donors (Lipinski definition) is 0. The zero-order valence-electron chi connectivity index (χ0n) is 15.6. The van der Waals surface area contributed by atoms with Crippen molar-refractivity contribution in [3.63, 3.8) is 0 Å². The lowest BCUT2D eigenvalue weighted by atomic mass is 10.2. The average Bonchev–Trinajstić information content (AvgIpc) is 3.09. The predicted molar refractivity (Wildman–Crippen MR) is 104 cm³/mol. The van der Waals surface area contributed by atoms with Crippen LogP contribution in [0.1, 0.15) is 37.9 Å². The molecule has 0 saturated carbocycles. The van der Waals surface area contributed by atoms with Crippen molar-refractivity contribution in [3.8, 4) is 0 Å². The van der Waals surface area contributed by atoms with Crippen LogP contribution in [0.5, 0.6) is 0 Å². The first-order valence-corrected chi connectivity index (χ1v) is 10.3. The molecule has 1 heterocycles. The number of nitrogens with zero attached hydrogens (tertiary/aromatic N) is 2. The number of carbonyl (C=O) groups excluding carboxylic acids is 1. The molecule has 1 amide bonds. The number of hydrogen-bond acceptors (Lipinski definition) is 3. The number of benzene rings is 1. The highest BCUT2D eigenvalue weighted by Crippen LogP contribution is 2.18. The van der Waals surface area contributed by atoms with Gasteiger partial charge >= 0.3 is 0 Å². The monoisotopic (exact) mass is 374 g/mol. The lowest BCUT2D eigenvalue weighted by Crippen LogP contribution is -2.29. The smallest absolute Gasteiger partial charge is 0.268 e. The fourth-order valence-corrected chi connectivity index (χ4v) is 4.03. The van der Waals surface area contributed by atoms with E-state index in [1.54, 1.807) is 47.4 Å². The minimum atomic E-state index is -3.63. The van der Waals surface area contributed by atoms with E-state index < -0.39 is 10.0 Å². The molecule has 0 spiro atoms. The standard InChI is InChI=1S/C20H26N2O3S/c1-4-21(5-2)20(23)11-7-6-9-18-10-8-16-22(18)26(24,25)19-14-12-17(3)13-15-19/h6,8-10,12-16H,4-5,7,11H2,1-3H3/b9-6+. The van der Waals surface area contributed by atoms with Crippen LogP contribution in [0.15, 0.2) is 53.6 Å². The van der Waals surface area contributed by atoms with Crippen LogP contribution in [-0.2, 0) is 14.8 Å². The summed E-state index contributed by atoms with van der Waals surface area (Å²) >= 11 is 0. The van der Waals surface area contributed by atoms with Gasteiger partial charge < -0.3 is 4.90 Å². The number of amides is 1. The maximum Gasteiger partial charge on any atom is 0.268 e. The van der Waals surface area contributed by atoms with E-state index in [-0.39, 0.29) is 10.8 Å².